The molecular formula is C16H16FNO3. The molecule has 0 bridgehead atoms. The minimum Gasteiger partial charge on any atom is -0.489 e. The number of aryl methyl sites for hydroxylation is 1. The maximum absolute atomic E-state index is 13.0. The van der Waals surface area contributed by atoms with Crippen LogP contribution in [0.5, 0.6) is 5.75 Å². The molecule has 2 rings (SSSR count). The highest BCUT2D eigenvalue weighted by atomic mass is 19.1. The zero-order valence-corrected chi connectivity index (χ0v) is 11.9. The number of ether oxygens (including phenoxy) is 2. The standard InChI is InChI=1S/C16H16FNO3/c1-10-8-12(17)6-7-14(10)21-9-11-4-3-5-13(18)15(11)16(19)20-2/h3-8H,9,18H2,1-2H3. The largest absolute Gasteiger partial charge is 0.489 e. The molecule has 2 aromatic rings. The highest BCUT2D eigenvalue weighted by Gasteiger charge is 2.16. The third kappa shape index (κ3) is 3.31. The van der Waals surface area contributed by atoms with E-state index in [0.29, 0.717) is 28.1 Å². The summed E-state index contributed by atoms with van der Waals surface area (Å²) < 4.78 is 23.4. The van der Waals surface area contributed by atoms with Gasteiger partial charge in [-0.3, -0.25) is 0 Å². The maximum atomic E-state index is 13.0. The van der Waals surface area contributed by atoms with E-state index in [2.05, 4.69) is 0 Å². The molecule has 0 spiro atoms. The lowest BCUT2D eigenvalue weighted by Crippen LogP contribution is -2.11. The van der Waals surface area contributed by atoms with Crippen LogP contribution in [0, 0.1) is 12.7 Å². The van der Waals surface area contributed by atoms with Gasteiger partial charge in [0.2, 0.25) is 0 Å². The van der Waals surface area contributed by atoms with Gasteiger partial charge in [-0.2, -0.15) is 0 Å². The molecule has 0 radical (unpaired) electrons. The summed E-state index contributed by atoms with van der Waals surface area (Å²) in [6.07, 6.45) is 0. The summed E-state index contributed by atoms with van der Waals surface area (Å²) in [7, 11) is 1.30. The van der Waals surface area contributed by atoms with Crippen molar-refractivity contribution in [1.82, 2.24) is 0 Å². The van der Waals surface area contributed by atoms with Crippen LogP contribution in [0.3, 0.4) is 0 Å². The molecule has 0 aliphatic rings. The number of esters is 1. The van der Waals surface area contributed by atoms with Crippen LogP contribution in [-0.2, 0) is 11.3 Å². The van der Waals surface area contributed by atoms with E-state index in [1.54, 1.807) is 31.2 Å². The third-order valence-electron chi connectivity index (χ3n) is 3.09. The zero-order valence-electron chi connectivity index (χ0n) is 11.9. The lowest BCUT2D eigenvalue weighted by atomic mass is 10.1. The molecule has 0 saturated carbocycles. The molecule has 2 N–H and O–H groups in total. The van der Waals surface area contributed by atoms with E-state index < -0.39 is 5.97 Å². The molecule has 0 saturated heterocycles. The van der Waals surface area contributed by atoms with Crippen LogP contribution < -0.4 is 10.5 Å². The second-order valence-corrected chi connectivity index (χ2v) is 4.57. The number of halogens is 1. The van der Waals surface area contributed by atoms with E-state index in [0.717, 1.165) is 0 Å². The molecule has 0 atom stereocenters. The van der Waals surface area contributed by atoms with Gasteiger partial charge in [-0.25, -0.2) is 9.18 Å². The first-order chi connectivity index (χ1) is 10.0. The van der Waals surface area contributed by atoms with Crippen LogP contribution in [0.25, 0.3) is 0 Å². The van der Waals surface area contributed by atoms with Crippen LogP contribution in [0.4, 0.5) is 10.1 Å². The van der Waals surface area contributed by atoms with Gasteiger partial charge in [0.25, 0.3) is 0 Å². The van der Waals surface area contributed by atoms with Crippen LogP contribution in [0.2, 0.25) is 0 Å². The lowest BCUT2D eigenvalue weighted by Gasteiger charge is -2.13. The van der Waals surface area contributed by atoms with Gasteiger partial charge < -0.3 is 15.2 Å². The Morgan fingerprint density at radius 3 is 2.71 bits per heavy atom. The van der Waals surface area contributed by atoms with E-state index in [1.807, 2.05) is 0 Å². The Hall–Kier alpha value is -2.56. The summed E-state index contributed by atoms with van der Waals surface area (Å²) in [6.45, 7) is 1.89. The Labute approximate surface area is 122 Å². The van der Waals surface area contributed by atoms with Gasteiger partial charge in [0, 0.05) is 11.3 Å². The number of anilines is 1. The molecule has 0 aliphatic carbocycles. The van der Waals surface area contributed by atoms with Crippen molar-refractivity contribution < 1.29 is 18.7 Å². The molecule has 0 fully saturated rings. The fourth-order valence-electron chi connectivity index (χ4n) is 2.02. The number of carbonyl (C=O) groups is 1. The number of nitrogens with two attached hydrogens (primary N) is 1. The van der Waals surface area contributed by atoms with Crippen molar-refractivity contribution in [2.45, 2.75) is 13.5 Å². The lowest BCUT2D eigenvalue weighted by molar-refractivity contribution is 0.0599. The van der Waals surface area contributed by atoms with E-state index in [9.17, 15) is 9.18 Å². The highest BCUT2D eigenvalue weighted by Crippen LogP contribution is 2.23. The predicted octanol–water partition coefficient (Wildman–Crippen LogP) is 3.08. The molecule has 4 nitrogen and oxygen atoms in total. The summed E-state index contributed by atoms with van der Waals surface area (Å²) in [5.74, 6) is -0.281. The highest BCUT2D eigenvalue weighted by molar-refractivity contribution is 5.96. The number of carbonyl (C=O) groups excluding carboxylic acids is 1. The van der Waals surface area contributed by atoms with Gasteiger partial charge >= 0.3 is 5.97 Å². The molecule has 0 amide bonds. The Balaban J connectivity index is 2.24. The third-order valence-corrected chi connectivity index (χ3v) is 3.09. The van der Waals surface area contributed by atoms with Crippen molar-refractivity contribution in [3.05, 3.63) is 58.9 Å². The first-order valence-electron chi connectivity index (χ1n) is 6.37. The minimum absolute atomic E-state index is 0.141. The smallest absolute Gasteiger partial charge is 0.340 e. The van der Waals surface area contributed by atoms with Gasteiger partial charge in [0.1, 0.15) is 18.2 Å². The molecular weight excluding hydrogens is 273 g/mol. The summed E-state index contributed by atoms with van der Waals surface area (Å²) in [4.78, 5) is 11.8. The van der Waals surface area contributed by atoms with Gasteiger partial charge in [0.15, 0.2) is 0 Å². The minimum atomic E-state index is -0.512. The van der Waals surface area contributed by atoms with Crippen molar-refractivity contribution in [3.8, 4) is 5.75 Å². The van der Waals surface area contributed by atoms with E-state index >= 15 is 0 Å². The second-order valence-electron chi connectivity index (χ2n) is 4.57. The molecule has 0 unspecified atom stereocenters. The van der Waals surface area contributed by atoms with Crippen molar-refractivity contribution >= 4 is 11.7 Å². The Bertz CT molecular complexity index is 671. The number of nitrogen functional groups attached to an aromatic ring is 1. The quantitative estimate of drug-likeness (QED) is 0.694. The van der Waals surface area contributed by atoms with Crippen LogP contribution >= 0.6 is 0 Å². The SMILES string of the molecule is COC(=O)c1c(N)cccc1COc1ccc(F)cc1C. The molecule has 5 heteroatoms. The van der Waals surface area contributed by atoms with E-state index in [4.69, 9.17) is 15.2 Å². The average molecular weight is 289 g/mol. The number of benzene rings is 2. The average Bonchev–Trinajstić information content (AvgIpc) is 2.45. The van der Waals surface area contributed by atoms with Crippen molar-refractivity contribution in [2.75, 3.05) is 12.8 Å². The predicted molar refractivity (Wildman–Crippen MR) is 77.7 cm³/mol. The molecule has 21 heavy (non-hydrogen) atoms. The summed E-state index contributed by atoms with van der Waals surface area (Å²) in [5, 5.41) is 0. The Morgan fingerprint density at radius 1 is 1.29 bits per heavy atom. The van der Waals surface area contributed by atoms with Crippen LogP contribution in [0.15, 0.2) is 36.4 Å². The van der Waals surface area contributed by atoms with Crippen molar-refractivity contribution in [2.24, 2.45) is 0 Å². The fraction of sp³-hybridized carbons (Fsp3) is 0.188. The number of methoxy groups -OCH3 is 1. The van der Waals surface area contributed by atoms with Crippen molar-refractivity contribution in [1.29, 1.82) is 0 Å². The first kappa shape index (κ1) is 14.8. The monoisotopic (exact) mass is 289 g/mol. The molecule has 0 aromatic heterocycles. The normalized spacial score (nSPS) is 10.2. The molecule has 110 valence electrons. The first-order valence-corrected chi connectivity index (χ1v) is 6.37. The van der Waals surface area contributed by atoms with Gasteiger partial charge in [-0.1, -0.05) is 12.1 Å². The molecule has 0 aliphatic heterocycles. The number of rotatable bonds is 4. The zero-order chi connectivity index (χ0) is 15.4. The van der Waals surface area contributed by atoms with Crippen LogP contribution in [0.1, 0.15) is 21.5 Å². The number of hydrogen-bond acceptors (Lipinski definition) is 4. The summed E-state index contributed by atoms with van der Waals surface area (Å²) >= 11 is 0. The van der Waals surface area contributed by atoms with Gasteiger partial charge in [-0.15, -0.1) is 0 Å². The summed E-state index contributed by atoms with van der Waals surface area (Å²) in [5.41, 5.74) is 7.73. The van der Waals surface area contributed by atoms with E-state index in [-0.39, 0.29) is 12.4 Å². The fourth-order valence-corrected chi connectivity index (χ4v) is 2.02. The molecule has 0 heterocycles. The topological polar surface area (TPSA) is 61.5 Å². The van der Waals surface area contributed by atoms with Crippen LogP contribution in [-0.4, -0.2) is 13.1 Å². The Kier molecular flexibility index (Phi) is 4.42. The van der Waals surface area contributed by atoms with E-state index in [1.165, 1.54) is 19.2 Å². The van der Waals surface area contributed by atoms with Gasteiger partial charge in [0.05, 0.1) is 12.7 Å². The van der Waals surface area contributed by atoms with Gasteiger partial charge in [-0.05, 0) is 36.8 Å². The maximum Gasteiger partial charge on any atom is 0.340 e. The number of hydrogen-bond donors (Lipinski definition) is 1. The second kappa shape index (κ2) is 6.26. The van der Waals surface area contributed by atoms with Crippen molar-refractivity contribution in [3.63, 3.8) is 0 Å². The Morgan fingerprint density at radius 2 is 2.05 bits per heavy atom. The summed E-state index contributed by atoms with van der Waals surface area (Å²) in [6, 6.07) is 9.35. The molecule has 2 aromatic carbocycles.